The van der Waals surface area contributed by atoms with Crippen molar-refractivity contribution in [2.45, 2.75) is 5.41 Å². The molecule has 0 saturated carbocycles. The van der Waals surface area contributed by atoms with Gasteiger partial charge in [0.05, 0.1) is 5.41 Å². The van der Waals surface area contributed by atoms with Crippen LogP contribution in [-0.4, -0.2) is 15.0 Å². The lowest BCUT2D eigenvalue weighted by molar-refractivity contribution is 0.768. The monoisotopic (exact) mass is 583 g/mol. The first-order valence-electron chi connectivity index (χ1n) is 14.6. The van der Waals surface area contributed by atoms with Crippen molar-refractivity contribution in [3.63, 3.8) is 0 Å². The fourth-order valence-electron chi connectivity index (χ4n) is 6.53. The summed E-state index contributed by atoms with van der Waals surface area (Å²) in [6.45, 7) is 0. The largest absolute Gasteiger partial charge is 0.208 e. The smallest absolute Gasteiger partial charge is 0.164 e. The maximum Gasteiger partial charge on any atom is 0.164 e. The highest BCUT2D eigenvalue weighted by Gasteiger charge is 2.45. The van der Waals surface area contributed by atoms with Crippen molar-refractivity contribution in [1.29, 1.82) is 0 Å². The average Bonchev–Trinajstić information content (AvgIpc) is 3.40. The van der Waals surface area contributed by atoms with E-state index in [1.807, 2.05) is 72.8 Å². The van der Waals surface area contributed by atoms with E-state index >= 15 is 0 Å². The number of benzene rings is 6. The molecular formula is C40H26ClN3. The van der Waals surface area contributed by atoms with Crippen LogP contribution in [0.5, 0.6) is 0 Å². The summed E-state index contributed by atoms with van der Waals surface area (Å²) in [4.78, 5) is 14.7. The summed E-state index contributed by atoms with van der Waals surface area (Å²) < 4.78 is 0. The summed E-state index contributed by atoms with van der Waals surface area (Å²) in [7, 11) is 0. The van der Waals surface area contributed by atoms with Crippen molar-refractivity contribution >= 4 is 11.6 Å². The second kappa shape index (κ2) is 10.7. The van der Waals surface area contributed by atoms with Crippen LogP contribution >= 0.6 is 11.6 Å². The minimum atomic E-state index is -0.500. The molecule has 0 unspecified atom stereocenters. The highest BCUT2D eigenvalue weighted by molar-refractivity contribution is 6.30. The van der Waals surface area contributed by atoms with Crippen LogP contribution in [0.1, 0.15) is 22.3 Å². The Balaban J connectivity index is 1.32. The van der Waals surface area contributed by atoms with Crippen molar-refractivity contribution < 1.29 is 0 Å². The molecule has 0 fully saturated rings. The predicted molar refractivity (Wildman–Crippen MR) is 178 cm³/mol. The average molecular weight is 584 g/mol. The van der Waals surface area contributed by atoms with E-state index in [2.05, 4.69) is 84.9 Å². The van der Waals surface area contributed by atoms with Crippen LogP contribution in [0.2, 0.25) is 5.02 Å². The van der Waals surface area contributed by atoms with Crippen LogP contribution in [0.15, 0.2) is 158 Å². The SMILES string of the molecule is Clc1ccc(C2(c3ccc(-c4nc(-c5ccccc5)nc(-c5ccccc5)n4)cc3)c3ccccc3-c3ccccc32)cc1. The quantitative estimate of drug-likeness (QED) is 0.202. The van der Waals surface area contributed by atoms with Gasteiger partial charge in [-0.05, 0) is 45.5 Å². The summed E-state index contributed by atoms with van der Waals surface area (Å²) in [5, 5.41) is 0.720. The number of halogens is 1. The van der Waals surface area contributed by atoms with Gasteiger partial charge in [-0.15, -0.1) is 0 Å². The van der Waals surface area contributed by atoms with Crippen molar-refractivity contribution in [2.75, 3.05) is 0 Å². The normalized spacial score (nSPS) is 12.8. The molecule has 1 aromatic heterocycles. The number of nitrogens with zero attached hydrogens (tertiary/aromatic N) is 3. The fourth-order valence-corrected chi connectivity index (χ4v) is 6.66. The zero-order chi connectivity index (χ0) is 29.5. The molecule has 0 bridgehead atoms. The van der Waals surface area contributed by atoms with Gasteiger partial charge in [0.25, 0.3) is 0 Å². The van der Waals surface area contributed by atoms with Gasteiger partial charge in [-0.2, -0.15) is 0 Å². The first-order valence-corrected chi connectivity index (χ1v) is 15.0. The standard InChI is InChI=1S/C40H26ClN3/c41-32-25-23-31(24-26-32)40(35-17-9-7-15-33(35)34-16-8-10-18-36(34)40)30-21-19-29(20-22-30)39-43-37(27-11-3-1-4-12-27)42-38(44-39)28-13-5-2-6-14-28/h1-26H. The third-order valence-corrected chi connectivity index (χ3v) is 8.76. The Morgan fingerprint density at radius 2 is 0.727 bits per heavy atom. The summed E-state index contributed by atoms with van der Waals surface area (Å²) in [5.41, 5.74) is 9.68. The number of aromatic nitrogens is 3. The molecule has 6 aromatic carbocycles. The van der Waals surface area contributed by atoms with Gasteiger partial charge in [0.15, 0.2) is 17.5 Å². The van der Waals surface area contributed by atoms with Gasteiger partial charge in [0.1, 0.15) is 0 Å². The molecule has 1 aliphatic carbocycles. The van der Waals surface area contributed by atoms with E-state index in [-0.39, 0.29) is 0 Å². The van der Waals surface area contributed by atoms with E-state index < -0.39 is 5.41 Å². The molecule has 0 amide bonds. The summed E-state index contributed by atoms with van der Waals surface area (Å²) >= 11 is 6.39. The Bertz CT molecular complexity index is 2000. The van der Waals surface area contributed by atoms with Crippen molar-refractivity contribution in [2.24, 2.45) is 0 Å². The van der Waals surface area contributed by atoms with Crippen molar-refractivity contribution in [3.8, 4) is 45.3 Å². The Morgan fingerprint density at radius 1 is 0.364 bits per heavy atom. The first-order chi connectivity index (χ1) is 21.7. The lowest BCUT2D eigenvalue weighted by atomic mass is 9.67. The number of rotatable bonds is 5. The van der Waals surface area contributed by atoms with Crippen LogP contribution in [0.3, 0.4) is 0 Å². The Labute approximate surface area is 261 Å². The zero-order valence-corrected chi connectivity index (χ0v) is 24.5. The lowest BCUT2D eigenvalue weighted by Gasteiger charge is -2.34. The zero-order valence-electron chi connectivity index (χ0n) is 23.7. The summed E-state index contributed by atoms with van der Waals surface area (Å²) in [6, 6.07) is 54.6. The minimum absolute atomic E-state index is 0.500. The maximum absolute atomic E-state index is 6.39. The van der Waals surface area contributed by atoms with Crippen LogP contribution in [0, 0.1) is 0 Å². The van der Waals surface area contributed by atoms with Crippen molar-refractivity contribution in [1.82, 2.24) is 15.0 Å². The number of fused-ring (bicyclic) bond motifs is 3. The fraction of sp³-hybridized carbons (Fsp3) is 0.0250. The highest BCUT2D eigenvalue weighted by Crippen LogP contribution is 2.56. The topological polar surface area (TPSA) is 38.7 Å². The first kappa shape index (κ1) is 26.3. The van der Waals surface area contributed by atoms with Crippen LogP contribution in [0.4, 0.5) is 0 Å². The van der Waals surface area contributed by atoms with Gasteiger partial charge in [0.2, 0.25) is 0 Å². The molecule has 0 atom stereocenters. The molecule has 0 saturated heterocycles. The second-order valence-electron chi connectivity index (χ2n) is 11.0. The molecule has 0 aliphatic heterocycles. The molecule has 0 radical (unpaired) electrons. The van der Waals surface area contributed by atoms with Gasteiger partial charge >= 0.3 is 0 Å². The Morgan fingerprint density at radius 3 is 1.18 bits per heavy atom. The highest BCUT2D eigenvalue weighted by atomic mass is 35.5. The predicted octanol–water partition coefficient (Wildman–Crippen LogP) is 9.89. The Kier molecular flexibility index (Phi) is 6.40. The number of hydrogen-bond donors (Lipinski definition) is 0. The molecule has 44 heavy (non-hydrogen) atoms. The molecule has 7 aromatic rings. The lowest BCUT2D eigenvalue weighted by Crippen LogP contribution is -2.28. The second-order valence-corrected chi connectivity index (χ2v) is 11.4. The van der Waals surface area contributed by atoms with Gasteiger partial charge in [-0.3, -0.25) is 0 Å². The van der Waals surface area contributed by atoms with Crippen LogP contribution in [0.25, 0.3) is 45.3 Å². The van der Waals surface area contributed by atoms with E-state index in [1.54, 1.807) is 0 Å². The molecule has 3 nitrogen and oxygen atoms in total. The van der Waals surface area contributed by atoms with E-state index in [1.165, 1.54) is 33.4 Å². The van der Waals surface area contributed by atoms with Crippen LogP contribution < -0.4 is 0 Å². The third-order valence-electron chi connectivity index (χ3n) is 8.51. The van der Waals surface area contributed by atoms with E-state index in [9.17, 15) is 0 Å². The maximum atomic E-state index is 6.39. The van der Waals surface area contributed by atoms with E-state index in [0.717, 1.165) is 21.7 Å². The Hall–Kier alpha value is -5.38. The van der Waals surface area contributed by atoms with Gasteiger partial charge in [-0.1, -0.05) is 157 Å². The molecule has 4 heteroatoms. The molecular weight excluding hydrogens is 558 g/mol. The third kappa shape index (κ3) is 4.24. The molecule has 1 aliphatic rings. The van der Waals surface area contributed by atoms with Gasteiger partial charge in [-0.25, -0.2) is 15.0 Å². The van der Waals surface area contributed by atoms with Crippen LogP contribution in [-0.2, 0) is 5.41 Å². The van der Waals surface area contributed by atoms with Gasteiger partial charge < -0.3 is 0 Å². The van der Waals surface area contributed by atoms with E-state index in [4.69, 9.17) is 26.6 Å². The van der Waals surface area contributed by atoms with E-state index in [0.29, 0.717) is 17.5 Å². The summed E-state index contributed by atoms with van der Waals surface area (Å²) in [5.74, 6) is 1.93. The molecule has 0 N–H and O–H groups in total. The minimum Gasteiger partial charge on any atom is -0.208 e. The molecule has 8 rings (SSSR count). The molecule has 1 heterocycles. The molecule has 208 valence electrons. The molecule has 0 spiro atoms. The summed E-state index contributed by atoms with van der Waals surface area (Å²) in [6.07, 6.45) is 0. The number of hydrogen-bond acceptors (Lipinski definition) is 3. The van der Waals surface area contributed by atoms with Crippen molar-refractivity contribution in [3.05, 3.63) is 185 Å². The van der Waals surface area contributed by atoms with Gasteiger partial charge in [0, 0.05) is 21.7 Å².